The smallest absolute Gasteiger partial charge is 0.303 e. The monoisotopic (exact) mass is 558 g/mol. The summed E-state index contributed by atoms with van der Waals surface area (Å²) in [5.74, 6) is 0.652. The number of rotatable bonds is 11. The molecule has 0 aliphatic carbocycles. The molecule has 1 amide bonds. The lowest BCUT2D eigenvalue weighted by molar-refractivity contribution is -0.136. The molecule has 0 bridgehead atoms. The molecule has 0 aliphatic rings. The zero-order valence-corrected chi connectivity index (χ0v) is 22.3. The Kier molecular flexibility index (Phi) is 8.87. The highest BCUT2D eigenvalue weighted by atomic mass is 35.5. The average Bonchev–Trinajstić information content (AvgIpc) is 3.42. The number of aliphatic carboxylic acids is 1. The summed E-state index contributed by atoms with van der Waals surface area (Å²) in [6.45, 7) is 2.42. The van der Waals surface area contributed by atoms with Gasteiger partial charge in [-0.25, -0.2) is 4.98 Å². The highest BCUT2D eigenvalue weighted by Gasteiger charge is 2.16. The number of hydrogen-bond donors (Lipinski definition) is 2. The lowest BCUT2D eigenvalue weighted by Gasteiger charge is -2.13. The Balaban J connectivity index is 1.42. The Morgan fingerprint density at radius 2 is 1.86 bits per heavy atom. The van der Waals surface area contributed by atoms with Crippen LogP contribution >= 0.6 is 34.5 Å². The van der Waals surface area contributed by atoms with Gasteiger partial charge >= 0.3 is 5.97 Å². The predicted molar refractivity (Wildman–Crippen MR) is 144 cm³/mol. The molecule has 4 rings (SSSR count). The molecule has 0 saturated carbocycles. The first-order chi connectivity index (χ1) is 17.8. The van der Waals surface area contributed by atoms with E-state index >= 15 is 0 Å². The van der Waals surface area contributed by atoms with Crippen LogP contribution in [0.2, 0.25) is 8.67 Å². The molecule has 0 radical (unpaired) electrons. The average molecular weight is 559 g/mol. The maximum atomic E-state index is 12.6. The van der Waals surface area contributed by atoms with E-state index in [0.29, 0.717) is 45.3 Å². The van der Waals surface area contributed by atoms with Crippen LogP contribution in [0.3, 0.4) is 0 Å². The molecule has 2 N–H and O–H groups in total. The Morgan fingerprint density at radius 3 is 2.57 bits per heavy atom. The summed E-state index contributed by atoms with van der Waals surface area (Å²) in [5, 5.41) is 11.9. The van der Waals surface area contributed by atoms with Crippen molar-refractivity contribution in [1.29, 1.82) is 0 Å². The maximum absolute atomic E-state index is 12.6. The van der Waals surface area contributed by atoms with E-state index in [0.717, 1.165) is 39.5 Å². The third kappa shape index (κ3) is 7.13. The second kappa shape index (κ2) is 12.3. The molecule has 4 aromatic rings. The first-order valence-electron chi connectivity index (χ1n) is 11.5. The number of ether oxygens (including phenoxy) is 1. The first-order valence-corrected chi connectivity index (χ1v) is 13.1. The number of oxazole rings is 1. The fraction of sp³-hybridized carbons (Fsp3) is 0.222. The normalized spacial score (nSPS) is 10.9. The number of hydrogen-bond acceptors (Lipinski definition) is 6. The largest absolute Gasteiger partial charge is 0.493 e. The molecule has 0 fully saturated rings. The molecule has 2 aromatic heterocycles. The van der Waals surface area contributed by atoms with Gasteiger partial charge in [0.15, 0.2) is 0 Å². The number of amides is 1. The Bertz CT molecular complexity index is 1400. The van der Waals surface area contributed by atoms with Crippen molar-refractivity contribution in [2.24, 2.45) is 0 Å². The van der Waals surface area contributed by atoms with Crippen molar-refractivity contribution in [3.05, 3.63) is 91.4 Å². The van der Waals surface area contributed by atoms with Crippen molar-refractivity contribution in [3.63, 3.8) is 0 Å². The van der Waals surface area contributed by atoms with Gasteiger partial charge in [0.1, 0.15) is 15.8 Å². The minimum Gasteiger partial charge on any atom is -0.493 e. The molecule has 2 heterocycles. The molecule has 0 saturated heterocycles. The van der Waals surface area contributed by atoms with E-state index in [1.807, 2.05) is 49.4 Å². The fourth-order valence-electron chi connectivity index (χ4n) is 3.74. The number of carbonyl (C=O) groups is 2. The summed E-state index contributed by atoms with van der Waals surface area (Å²) < 4.78 is 12.5. The minimum atomic E-state index is -0.895. The van der Waals surface area contributed by atoms with E-state index in [9.17, 15) is 9.59 Å². The van der Waals surface area contributed by atoms with Crippen LogP contribution in [-0.4, -0.2) is 28.6 Å². The van der Waals surface area contributed by atoms with Gasteiger partial charge in [-0.2, -0.15) is 0 Å². The zero-order chi connectivity index (χ0) is 26.4. The summed E-state index contributed by atoms with van der Waals surface area (Å²) in [7, 11) is 0. The molecule has 0 aliphatic heterocycles. The third-order valence-electron chi connectivity index (χ3n) is 5.65. The molecule has 37 heavy (non-hydrogen) atoms. The molecule has 0 atom stereocenters. The highest BCUT2D eigenvalue weighted by molar-refractivity contribution is 7.20. The lowest BCUT2D eigenvalue weighted by Crippen LogP contribution is -2.23. The molecule has 10 heteroatoms. The van der Waals surface area contributed by atoms with Gasteiger partial charge < -0.3 is 19.6 Å². The quantitative estimate of drug-likeness (QED) is 0.215. The van der Waals surface area contributed by atoms with Gasteiger partial charge in [0.05, 0.1) is 22.2 Å². The van der Waals surface area contributed by atoms with Crippen LogP contribution in [0.5, 0.6) is 5.75 Å². The number of carboxylic acid groups (broad SMARTS) is 1. The van der Waals surface area contributed by atoms with Crippen molar-refractivity contribution in [2.75, 3.05) is 6.61 Å². The highest BCUT2D eigenvalue weighted by Crippen LogP contribution is 2.31. The molecule has 0 spiro atoms. The van der Waals surface area contributed by atoms with E-state index in [-0.39, 0.29) is 18.9 Å². The van der Waals surface area contributed by atoms with Crippen molar-refractivity contribution in [1.82, 2.24) is 10.3 Å². The topological polar surface area (TPSA) is 102 Å². The number of aromatic nitrogens is 1. The fourth-order valence-corrected chi connectivity index (χ4v) is 5.20. The lowest BCUT2D eigenvalue weighted by atomic mass is 10.0. The van der Waals surface area contributed by atoms with Crippen LogP contribution < -0.4 is 10.1 Å². The van der Waals surface area contributed by atoms with E-state index in [2.05, 4.69) is 10.3 Å². The number of carbonyl (C=O) groups excluding carboxylic acids is 1. The van der Waals surface area contributed by atoms with E-state index < -0.39 is 5.97 Å². The summed E-state index contributed by atoms with van der Waals surface area (Å²) in [5.41, 5.74) is 3.59. The molecule has 0 unspecified atom stereocenters. The number of halogens is 2. The second-order valence-electron chi connectivity index (χ2n) is 8.23. The van der Waals surface area contributed by atoms with Crippen molar-refractivity contribution >= 4 is 46.4 Å². The van der Waals surface area contributed by atoms with Gasteiger partial charge in [-0.3, -0.25) is 9.59 Å². The van der Waals surface area contributed by atoms with Crippen LogP contribution in [0.4, 0.5) is 0 Å². The summed E-state index contributed by atoms with van der Waals surface area (Å²) in [6.07, 6.45) is 0.848. The SMILES string of the molecule is Cc1oc(-c2ccccc2)nc1CCOc1ccc(CCC(=O)O)c(CNC(=O)c2cc(Cl)sc2Cl)c1. The Morgan fingerprint density at radius 1 is 1.08 bits per heavy atom. The van der Waals surface area contributed by atoms with E-state index in [1.165, 1.54) is 6.07 Å². The predicted octanol–water partition coefficient (Wildman–Crippen LogP) is 6.59. The van der Waals surface area contributed by atoms with Gasteiger partial charge in [0.2, 0.25) is 5.89 Å². The first kappa shape index (κ1) is 26.7. The number of aryl methyl sites for hydroxylation is 2. The zero-order valence-electron chi connectivity index (χ0n) is 19.9. The number of thiophene rings is 1. The van der Waals surface area contributed by atoms with E-state index in [4.69, 9.17) is 37.5 Å². The van der Waals surface area contributed by atoms with Gasteiger partial charge in [-0.15, -0.1) is 11.3 Å². The number of nitrogens with zero attached hydrogens (tertiary/aromatic N) is 1. The Hall–Kier alpha value is -3.33. The van der Waals surface area contributed by atoms with Crippen LogP contribution in [0.1, 0.15) is 39.4 Å². The summed E-state index contributed by atoms with van der Waals surface area (Å²) in [4.78, 5) is 28.3. The van der Waals surface area contributed by atoms with Crippen LogP contribution in [-0.2, 0) is 24.2 Å². The molecule has 2 aromatic carbocycles. The molecular weight excluding hydrogens is 535 g/mol. The summed E-state index contributed by atoms with van der Waals surface area (Å²) >= 11 is 13.2. The van der Waals surface area contributed by atoms with Crippen LogP contribution in [0, 0.1) is 6.92 Å². The van der Waals surface area contributed by atoms with Crippen molar-refractivity contribution in [2.45, 2.75) is 32.7 Å². The molecule has 7 nitrogen and oxygen atoms in total. The number of nitrogens with one attached hydrogen (secondary N) is 1. The second-order valence-corrected chi connectivity index (χ2v) is 10.5. The molecular formula is C27H24Cl2N2O5S. The van der Waals surface area contributed by atoms with Crippen molar-refractivity contribution in [3.8, 4) is 17.2 Å². The molecule has 192 valence electrons. The van der Waals surface area contributed by atoms with Gasteiger partial charge in [0.25, 0.3) is 5.91 Å². The van der Waals surface area contributed by atoms with E-state index in [1.54, 1.807) is 6.07 Å². The number of benzene rings is 2. The van der Waals surface area contributed by atoms with Crippen LogP contribution in [0.25, 0.3) is 11.5 Å². The van der Waals surface area contributed by atoms with Gasteiger partial charge in [0, 0.05) is 24.9 Å². The third-order valence-corrected chi connectivity index (χ3v) is 7.14. The summed E-state index contributed by atoms with van der Waals surface area (Å²) in [6, 6.07) is 16.6. The van der Waals surface area contributed by atoms with Gasteiger partial charge in [-0.1, -0.05) is 47.5 Å². The number of carboxylic acids is 1. The van der Waals surface area contributed by atoms with Crippen molar-refractivity contribution < 1.29 is 23.8 Å². The van der Waals surface area contributed by atoms with Gasteiger partial charge in [-0.05, 0) is 54.8 Å². The minimum absolute atomic E-state index is 0.0255. The Labute approximate surface area is 228 Å². The maximum Gasteiger partial charge on any atom is 0.303 e. The van der Waals surface area contributed by atoms with Crippen LogP contribution in [0.15, 0.2) is 59.0 Å². The standard InChI is InChI=1S/C27H24Cl2N2O5S/c1-16-22(31-27(36-16)18-5-3-2-4-6-18)11-12-35-20-9-7-17(8-10-24(32)33)19(13-20)15-30-26(34)21-14-23(28)37-25(21)29/h2-7,9,13-14H,8,10-12,15H2,1H3,(H,30,34)(H,32,33).